The van der Waals surface area contributed by atoms with Crippen LogP contribution in [0.1, 0.15) is 34.1 Å². The lowest BCUT2D eigenvalue weighted by molar-refractivity contribution is -0.169. The average Bonchev–Trinajstić information content (AvgIpc) is 3.16. The van der Waals surface area contributed by atoms with Crippen molar-refractivity contribution in [1.82, 2.24) is 0 Å². The van der Waals surface area contributed by atoms with Crippen molar-refractivity contribution in [1.29, 1.82) is 0 Å². The first-order valence-electron chi connectivity index (χ1n) is 6.80. The molecular weight excluding hydrogens is 276 g/mol. The van der Waals surface area contributed by atoms with Gasteiger partial charge in [0.15, 0.2) is 11.0 Å². The van der Waals surface area contributed by atoms with Crippen molar-refractivity contribution in [3.05, 3.63) is 0 Å². The van der Waals surface area contributed by atoms with Crippen molar-refractivity contribution in [2.45, 2.75) is 39.7 Å². The normalized spacial score (nSPS) is 21.4. The summed E-state index contributed by atoms with van der Waals surface area (Å²) >= 11 is 0. The summed E-state index contributed by atoms with van der Waals surface area (Å²) in [5.74, 6) is -0.258. The van der Waals surface area contributed by atoms with E-state index in [1.807, 2.05) is 0 Å². The van der Waals surface area contributed by atoms with Gasteiger partial charge in [-0.05, 0) is 27.2 Å². The van der Waals surface area contributed by atoms with E-state index in [4.69, 9.17) is 20.6 Å². The highest BCUT2D eigenvalue weighted by atomic mass is 16.6. The fourth-order valence-electron chi connectivity index (χ4n) is 2.48. The molecule has 1 saturated carbocycles. The molecule has 0 aromatic rings. The molecule has 0 amide bonds. The van der Waals surface area contributed by atoms with Crippen molar-refractivity contribution < 1.29 is 28.6 Å². The summed E-state index contributed by atoms with van der Waals surface area (Å²) in [4.78, 5) is 35.5. The monoisotopic (exact) mass is 296 g/mol. The molecule has 1 rings (SSSR count). The third kappa shape index (κ3) is 3.02. The number of rotatable bonds is 6. The molecule has 1 aliphatic rings. The molecule has 0 bridgehead atoms. The molecule has 0 spiro atoms. The van der Waals surface area contributed by atoms with Crippen LogP contribution < -0.4 is 0 Å². The Balaban J connectivity index is 3.10. The minimum atomic E-state index is -1.48. The van der Waals surface area contributed by atoms with E-state index < -0.39 is 34.8 Å². The maximum absolute atomic E-state index is 12.2. The second-order valence-electron chi connectivity index (χ2n) is 5.01. The molecule has 0 aromatic carbocycles. The molecule has 0 radical (unpaired) electrons. The van der Waals surface area contributed by atoms with Crippen LogP contribution in [0.25, 0.3) is 0 Å². The number of carbonyl (C=O) groups excluding carboxylic acids is 3. The first-order valence-corrected chi connectivity index (χ1v) is 6.80. The number of esters is 3. The van der Waals surface area contributed by atoms with Gasteiger partial charge >= 0.3 is 17.9 Å². The van der Waals surface area contributed by atoms with Crippen LogP contribution in [-0.2, 0) is 28.6 Å². The second-order valence-corrected chi connectivity index (χ2v) is 5.01. The summed E-state index contributed by atoms with van der Waals surface area (Å²) in [5.41, 5.74) is -2.84. The number of hydrogen-bond acceptors (Lipinski definition) is 6. The Kier molecular flexibility index (Phi) is 5.00. The van der Waals surface area contributed by atoms with E-state index in [-0.39, 0.29) is 19.6 Å². The third-order valence-corrected chi connectivity index (χ3v) is 3.55. The van der Waals surface area contributed by atoms with E-state index >= 15 is 0 Å². The van der Waals surface area contributed by atoms with Gasteiger partial charge in [-0.1, -0.05) is 5.92 Å². The fourth-order valence-corrected chi connectivity index (χ4v) is 2.48. The van der Waals surface area contributed by atoms with Crippen LogP contribution in [0.15, 0.2) is 0 Å². The van der Waals surface area contributed by atoms with Gasteiger partial charge in [0.25, 0.3) is 0 Å². The van der Waals surface area contributed by atoms with E-state index in [0.717, 1.165) is 0 Å². The van der Waals surface area contributed by atoms with E-state index in [1.165, 1.54) is 13.8 Å². The molecule has 0 aliphatic heterocycles. The molecule has 0 aromatic heterocycles. The van der Waals surface area contributed by atoms with E-state index in [2.05, 4.69) is 5.92 Å². The summed E-state index contributed by atoms with van der Waals surface area (Å²) in [6, 6.07) is 0. The quantitative estimate of drug-likeness (QED) is 0.316. The zero-order chi connectivity index (χ0) is 16.3. The average molecular weight is 296 g/mol. The molecule has 21 heavy (non-hydrogen) atoms. The predicted molar refractivity (Wildman–Crippen MR) is 72.8 cm³/mol. The van der Waals surface area contributed by atoms with Crippen molar-refractivity contribution in [3.63, 3.8) is 0 Å². The molecule has 0 heterocycles. The van der Waals surface area contributed by atoms with Crippen LogP contribution in [-0.4, -0.2) is 36.7 Å². The molecular formula is C15H20O6. The Bertz CT molecular complexity index is 471. The Morgan fingerprint density at radius 1 is 1.24 bits per heavy atom. The maximum Gasteiger partial charge on any atom is 0.323 e. The molecule has 2 unspecified atom stereocenters. The van der Waals surface area contributed by atoms with Crippen molar-refractivity contribution in [2.75, 3.05) is 13.2 Å². The smallest absolute Gasteiger partial charge is 0.323 e. The maximum atomic E-state index is 12.2. The lowest BCUT2D eigenvalue weighted by Gasteiger charge is -2.26. The topological polar surface area (TPSA) is 78.9 Å². The second kappa shape index (κ2) is 6.17. The first kappa shape index (κ1) is 17.0. The Morgan fingerprint density at radius 3 is 2.05 bits per heavy atom. The van der Waals surface area contributed by atoms with Crippen LogP contribution in [0, 0.1) is 23.7 Å². The zero-order valence-corrected chi connectivity index (χ0v) is 12.7. The standard InChI is InChI=1S/C15H20O6/c1-6-14(5,21-10(4)16)11-9-15(11,12(17)19-7-2)13(18)20-8-3/h1,11H,7-9H2,2-5H3. The minimum Gasteiger partial charge on any atom is -0.465 e. The summed E-state index contributed by atoms with van der Waals surface area (Å²) in [5, 5.41) is 0. The highest BCUT2D eigenvalue weighted by Crippen LogP contribution is 2.60. The molecule has 1 aliphatic carbocycles. The Morgan fingerprint density at radius 2 is 1.71 bits per heavy atom. The number of hydrogen-bond donors (Lipinski definition) is 0. The van der Waals surface area contributed by atoms with Gasteiger partial charge in [-0.15, -0.1) is 6.42 Å². The van der Waals surface area contributed by atoms with Crippen molar-refractivity contribution >= 4 is 17.9 Å². The van der Waals surface area contributed by atoms with Gasteiger partial charge in [0.05, 0.1) is 13.2 Å². The van der Waals surface area contributed by atoms with Gasteiger partial charge in [-0.3, -0.25) is 14.4 Å². The summed E-state index contributed by atoms with van der Waals surface area (Å²) < 4.78 is 15.1. The first-order chi connectivity index (χ1) is 9.78. The fraction of sp³-hybridized carbons (Fsp3) is 0.667. The summed E-state index contributed by atoms with van der Waals surface area (Å²) in [7, 11) is 0. The molecule has 6 heteroatoms. The highest BCUT2D eigenvalue weighted by molar-refractivity contribution is 6.04. The third-order valence-electron chi connectivity index (χ3n) is 3.55. The van der Waals surface area contributed by atoms with Gasteiger partial charge in [0.1, 0.15) is 0 Å². The zero-order valence-electron chi connectivity index (χ0n) is 12.7. The van der Waals surface area contributed by atoms with Gasteiger partial charge in [-0.2, -0.15) is 0 Å². The van der Waals surface area contributed by atoms with Gasteiger partial charge < -0.3 is 14.2 Å². The highest BCUT2D eigenvalue weighted by Gasteiger charge is 2.74. The molecule has 0 saturated heterocycles. The van der Waals surface area contributed by atoms with Crippen LogP contribution in [0.3, 0.4) is 0 Å². The predicted octanol–water partition coefficient (Wildman–Crippen LogP) is 1.07. The number of carbonyl (C=O) groups is 3. The van der Waals surface area contributed by atoms with Gasteiger partial charge in [0, 0.05) is 12.8 Å². The molecule has 2 atom stereocenters. The summed E-state index contributed by atoms with van der Waals surface area (Å²) in [6.45, 7) is 6.26. The van der Waals surface area contributed by atoms with E-state index in [1.54, 1.807) is 13.8 Å². The molecule has 116 valence electrons. The van der Waals surface area contributed by atoms with Crippen LogP contribution in [0.4, 0.5) is 0 Å². The van der Waals surface area contributed by atoms with Crippen molar-refractivity contribution in [3.8, 4) is 12.3 Å². The van der Waals surface area contributed by atoms with Gasteiger partial charge in [-0.25, -0.2) is 0 Å². The Labute approximate surface area is 124 Å². The van der Waals surface area contributed by atoms with E-state index in [0.29, 0.717) is 0 Å². The lowest BCUT2D eigenvalue weighted by Crippen LogP contribution is -2.40. The molecule has 0 N–H and O–H groups in total. The number of terminal acetylenes is 1. The van der Waals surface area contributed by atoms with Crippen molar-refractivity contribution in [2.24, 2.45) is 11.3 Å². The SMILES string of the molecule is C#CC(C)(OC(C)=O)C1CC1(C(=O)OCC)C(=O)OCC. The van der Waals surface area contributed by atoms with Crippen LogP contribution >= 0.6 is 0 Å². The molecule has 1 fully saturated rings. The Hall–Kier alpha value is -2.03. The van der Waals surface area contributed by atoms with Crippen LogP contribution in [0.5, 0.6) is 0 Å². The number of ether oxygens (including phenoxy) is 3. The lowest BCUT2D eigenvalue weighted by atomic mass is 9.92. The van der Waals surface area contributed by atoms with Crippen LogP contribution in [0.2, 0.25) is 0 Å². The van der Waals surface area contributed by atoms with Gasteiger partial charge in [0.2, 0.25) is 0 Å². The minimum absolute atomic E-state index is 0.132. The molecule has 6 nitrogen and oxygen atoms in total. The largest absolute Gasteiger partial charge is 0.465 e. The van der Waals surface area contributed by atoms with E-state index in [9.17, 15) is 14.4 Å². The summed E-state index contributed by atoms with van der Waals surface area (Å²) in [6.07, 6.45) is 5.57.